The summed E-state index contributed by atoms with van der Waals surface area (Å²) >= 11 is 0. The molecule has 0 saturated carbocycles. The number of hydrogen-bond donors (Lipinski definition) is 2. The van der Waals surface area contributed by atoms with Crippen molar-refractivity contribution in [2.45, 2.75) is 6.92 Å². The van der Waals surface area contributed by atoms with Crippen molar-refractivity contribution in [2.24, 2.45) is 0 Å². The molecule has 0 bridgehead atoms. The third-order valence-electron chi connectivity index (χ3n) is 1.15. The fourth-order valence-electron chi connectivity index (χ4n) is 0.701. The highest BCUT2D eigenvalue weighted by Crippen LogP contribution is 2.07. The Morgan fingerprint density at radius 1 is 1.42 bits per heavy atom. The van der Waals surface area contributed by atoms with Gasteiger partial charge in [0.15, 0.2) is 0 Å². The minimum atomic E-state index is 0.151. The van der Waals surface area contributed by atoms with E-state index in [1.807, 2.05) is 6.92 Å². The van der Waals surface area contributed by atoms with Crippen molar-refractivity contribution in [2.75, 3.05) is 24.7 Å². The van der Waals surface area contributed by atoms with Crippen molar-refractivity contribution in [1.29, 1.82) is 0 Å². The lowest BCUT2D eigenvalue weighted by atomic mass is 10.7. The van der Waals surface area contributed by atoms with E-state index >= 15 is 0 Å². The zero-order chi connectivity index (χ0) is 8.97. The lowest BCUT2D eigenvalue weighted by molar-refractivity contribution is 0.379. The Kier molecular flexibility index (Phi) is 2.62. The van der Waals surface area contributed by atoms with Gasteiger partial charge in [0.1, 0.15) is 0 Å². The Balaban J connectivity index is 2.90. The number of aromatic nitrogens is 3. The number of anilines is 2. The van der Waals surface area contributed by atoms with Crippen molar-refractivity contribution >= 4 is 11.9 Å². The van der Waals surface area contributed by atoms with Gasteiger partial charge in [0, 0.05) is 6.54 Å². The first kappa shape index (κ1) is 8.51. The molecule has 0 aliphatic rings. The van der Waals surface area contributed by atoms with Gasteiger partial charge in [-0.05, 0) is 6.92 Å². The molecule has 1 aromatic rings. The molecule has 6 nitrogen and oxygen atoms in total. The molecule has 0 atom stereocenters. The third-order valence-corrected chi connectivity index (χ3v) is 1.15. The molecule has 3 N–H and O–H groups in total. The Labute approximate surface area is 70.2 Å². The van der Waals surface area contributed by atoms with Gasteiger partial charge >= 0.3 is 6.01 Å². The summed E-state index contributed by atoms with van der Waals surface area (Å²) in [6.45, 7) is 2.67. The zero-order valence-corrected chi connectivity index (χ0v) is 7.03. The minimum Gasteiger partial charge on any atom is -0.467 e. The monoisotopic (exact) mass is 169 g/mol. The fourth-order valence-corrected chi connectivity index (χ4v) is 0.701. The predicted octanol–water partition coefficient (Wildman–Crippen LogP) is -0.106. The largest absolute Gasteiger partial charge is 0.467 e. The molecule has 1 rings (SSSR count). The molecule has 0 spiro atoms. The molecule has 12 heavy (non-hydrogen) atoms. The van der Waals surface area contributed by atoms with Crippen LogP contribution in [0.5, 0.6) is 6.01 Å². The number of nitrogens with two attached hydrogens (primary N) is 1. The molecule has 0 unspecified atom stereocenters. The summed E-state index contributed by atoms with van der Waals surface area (Å²) < 4.78 is 4.80. The predicted molar refractivity (Wildman–Crippen MR) is 45.0 cm³/mol. The molecule has 6 heteroatoms. The van der Waals surface area contributed by atoms with E-state index in [9.17, 15) is 0 Å². The van der Waals surface area contributed by atoms with Crippen molar-refractivity contribution in [3.63, 3.8) is 0 Å². The van der Waals surface area contributed by atoms with Crippen LogP contribution in [0.4, 0.5) is 11.9 Å². The van der Waals surface area contributed by atoms with Crippen molar-refractivity contribution in [1.82, 2.24) is 15.0 Å². The van der Waals surface area contributed by atoms with E-state index in [0.717, 1.165) is 6.54 Å². The SMILES string of the molecule is CCNc1nc(N)nc(OC)n1. The van der Waals surface area contributed by atoms with E-state index < -0.39 is 0 Å². The van der Waals surface area contributed by atoms with Crippen LogP contribution in [0.2, 0.25) is 0 Å². The third kappa shape index (κ3) is 1.94. The molecule has 0 saturated heterocycles. The molecule has 0 aliphatic carbocycles. The molecule has 0 fully saturated rings. The van der Waals surface area contributed by atoms with Gasteiger partial charge in [0.25, 0.3) is 0 Å². The quantitative estimate of drug-likeness (QED) is 0.656. The first-order valence-electron chi connectivity index (χ1n) is 3.55. The Bertz CT molecular complexity index is 264. The minimum absolute atomic E-state index is 0.151. The summed E-state index contributed by atoms with van der Waals surface area (Å²) in [6, 6.07) is 0.221. The van der Waals surface area contributed by atoms with Gasteiger partial charge in [0.05, 0.1) is 7.11 Å². The van der Waals surface area contributed by atoms with Gasteiger partial charge < -0.3 is 15.8 Å². The van der Waals surface area contributed by atoms with Crippen LogP contribution in [0.25, 0.3) is 0 Å². The van der Waals surface area contributed by atoms with Crippen molar-refractivity contribution < 1.29 is 4.74 Å². The number of nitrogen functional groups attached to an aromatic ring is 1. The second-order valence-electron chi connectivity index (χ2n) is 2.03. The number of hydrogen-bond acceptors (Lipinski definition) is 6. The first-order valence-corrected chi connectivity index (χ1v) is 3.55. The molecular weight excluding hydrogens is 158 g/mol. The Morgan fingerprint density at radius 2 is 2.17 bits per heavy atom. The maximum Gasteiger partial charge on any atom is 0.322 e. The van der Waals surface area contributed by atoms with Gasteiger partial charge in [-0.3, -0.25) is 0 Å². The first-order chi connectivity index (χ1) is 5.76. The second-order valence-corrected chi connectivity index (χ2v) is 2.03. The van der Waals surface area contributed by atoms with Crippen LogP contribution in [-0.4, -0.2) is 28.6 Å². The maximum absolute atomic E-state index is 5.38. The van der Waals surface area contributed by atoms with Gasteiger partial charge in [-0.15, -0.1) is 0 Å². The molecule has 66 valence electrons. The molecule has 1 aromatic heterocycles. The summed E-state index contributed by atoms with van der Waals surface area (Å²) in [4.78, 5) is 11.5. The van der Waals surface area contributed by atoms with Crippen molar-refractivity contribution in [3.8, 4) is 6.01 Å². The summed E-state index contributed by atoms with van der Waals surface area (Å²) in [5, 5.41) is 2.90. The maximum atomic E-state index is 5.38. The highest BCUT2D eigenvalue weighted by Gasteiger charge is 2.01. The van der Waals surface area contributed by atoms with E-state index in [0.29, 0.717) is 5.95 Å². The highest BCUT2D eigenvalue weighted by molar-refractivity contribution is 5.32. The van der Waals surface area contributed by atoms with Crippen LogP contribution < -0.4 is 15.8 Å². The van der Waals surface area contributed by atoms with Crippen LogP contribution in [-0.2, 0) is 0 Å². The summed E-state index contributed by atoms with van der Waals surface area (Å²) in [5.74, 6) is 0.583. The van der Waals surface area contributed by atoms with Crippen LogP contribution in [0.15, 0.2) is 0 Å². The number of nitrogens with zero attached hydrogens (tertiary/aromatic N) is 3. The molecule has 0 aliphatic heterocycles. The highest BCUT2D eigenvalue weighted by atomic mass is 16.5. The van der Waals surface area contributed by atoms with Crippen LogP contribution in [0.3, 0.4) is 0 Å². The van der Waals surface area contributed by atoms with E-state index in [-0.39, 0.29) is 12.0 Å². The van der Waals surface area contributed by atoms with Crippen LogP contribution in [0.1, 0.15) is 6.92 Å². The van der Waals surface area contributed by atoms with E-state index in [1.54, 1.807) is 0 Å². The Hall–Kier alpha value is -1.59. The zero-order valence-electron chi connectivity index (χ0n) is 7.03. The van der Waals surface area contributed by atoms with Crippen molar-refractivity contribution in [3.05, 3.63) is 0 Å². The molecular formula is C6H11N5O. The standard InChI is InChI=1S/C6H11N5O/c1-3-8-5-9-4(7)10-6(11-5)12-2/h3H2,1-2H3,(H3,7,8,9,10,11). The van der Waals surface area contributed by atoms with Gasteiger partial charge in [-0.1, -0.05) is 0 Å². The fraction of sp³-hybridized carbons (Fsp3) is 0.500. The summed E-state index contributed by atoms with van der Waals surface area (Å²) in [6.07, 6.45) is 0. The van der Waals surface area contributed by atoms with Gasteiger partial charge in [0.2, 0.25) is 11.9 Å². The van der Waals surface area contributed by atoms with Crippen LogP contribution >= 0.6 is 0 Å². The lowest BCUT2D eigenvalue weighted by Gasteiger charge is -2.03. The van der Waals surface area contributed by atoms with Crippen LogP contribution in [0, 0.1) is 0 Å². The topological polar surface area (TPSA) is 86.0 Å². The number of nitrogens with one attached hydrogen (secondary N) is 1. The number of methoxy groups -OCH3 is 1. The van der Waals surface area contributed by atoms with E-state index in [2.05, 4.69) is 20.3 Å². The van der Waals surface area contributed by atoms with E-state index in [1.165, 1.54) is 7.11 Å². The lowest BCUT2D eigenvalue weighted by Crippen LogP contribution is -2.07. The summed E-state index contributed by atoms with van der Waals surface area (Å²) in [7, 11) is 1.48. The van der Waals surface area contributed by atoms with E-state index in [4.69, 9.17) is 10.5 Å². The number of rotatable bonds is 3. The smallest absolute Gasteiger partial charge is 0.322 e. The van der Waals surface area contributed by atoms with Gasteiger partial charge in [-0.25, -0.2) is 0 Å². The molecule has 0 amide bonds. The average Bonchev–Trinajstić information content (AvgIpc) is 2.04. The molecule has 0 aromatic carbocycles. The molecule has 1 heterocycles. The van der Waals surface area contributed by atoms with Gasteiger partial charge in [-0.2, -0.15) is 15.0 Å². The average molecular weight is 169 g/mol. The Morgan fingerprint density at radius 3 is 2.75 bits per heavy atom. The summed E-state index contributed by atoms with van der Waals surface area (Å²) in [5.41, 5.74) is 5.38. The normalized spacial score (nSPS) is 9.50. The number of ether oxygens (including phenoxy) is 1. The molecule has 0 radical (unpaired) electrons. The second kappa shape index (κ2) is 3.70.